The average Bonchev–Trinajstić information content (AvgIpc) is 2.99. The molecule has 0 radical (unpaired) electrons. The second kappa shape index (κ2) is 15.3. The van der Waals surface area contributed by atoms with Gasteiger partial charge in [0.05, 0.1) is 32.0 Å². The van der Waals surface area contributed by atoms with Gasteiger partial charge in [-0.1, -0.05) is 0 Å². The Morgan fingerprint density at radius 3 is 2.07 bits per heavy atom. The Morgan fingerprint density at radius 1 is 0.932 bits per heavy atom. The predicted molar refractivity (Wildman–Crippen MR) is 132 cm³/mol. The number of aliphatic carboxylic acids is 1. The molecule has 3 fully saturated rings. The molecule has 0 aromatic heterocycles. The third kappa shape index (κ3) is 7.47. The van der Waals surface area contributed by atoms with E-state index in [0.29, 0.717) is 0 Å². The van der Waals surface area contributed by atoms with Crippen molar-refractivity contribution in [1.29, 1.82) is 0 Å². The van der Waals surface area contributed by atoms with Gasteiger partial charge in [0.25, 0.3) is 0 Å². The molecular formula is C24H40NO19-. The summed E-state index contributed by atoms with van der Waals surface area (Å²) in [6, 6.07) is -1.56. The number of carboxylic acids is 1. The van der Waals surface area contributed by atoms with Crippen LogP contribution in [0.3, 0.4) is 0 Å². The maximum absolute atomic E-state index is 12.5. The van der Waals surface area contributed by atoms with Crippen LogP contribution in [0.1, 0.15) is 13.3 Å². The minimum atomic E-state index is -3.12. The number of carbonyl (C=O) groups is 2. The SMILES string of the molecule is COC1OC(CO)C(OC2OC(CO)C(O)C(OC3(C(=O)[O-])CC(O)C(NC(C)=O)C([C@H](O)[C@H](O)CO)O3)C2O)C(O)C1O. The summed E-state index contributed by atoms with van der Waals surface area (Å²) in [5.74, 6) is -6.08. The molecule has 3 aliphatic rings. The highest BCUT2D eigenvalue weighted by atomic mass is 16.8. The first-order chi connectivity index (χ1) is 20.7. The van der Waals surface area contributed by atoms with E-state index in [0.717, 1.165) is 14.0 Å². The maximum Gasteiger partial charge on any atom is 0.217 e. The molecule has 3 heterocycles. The molecule has 11 N–H and O–H groups in total. The Hall–Kier alpha value is -1.70. The molecule has 0 spiro atoms. The number of nitrogens with one attached hydrogen (secondary N) is 1. The standard InChI is InChI=1S/C24H41NO19/c1-7(29)25-12-8(30)3-24(23(37)38,43-19(12)13(32)9(31)4-26)44-20-14(33)10(5-27)40-22(17(20)36)42-18-11(6-28)41-21(39-2)16(35)15(18)34/h8-22,26-28,30-36H,3-6H2,1-2H3,(H,25,29)(H,37,38)/p-1/t8?,9-,10?,11?,12?,13-,14?,15?,16?,17?,18?,19?,20?,21?,22?,24?/m1/s1. The molecule has 44 heavy (non-hydrogen) atoms. The highest BCUT2D eigenvalue weighted by Gasteiger charge is 2.57. The fraction of sp³-hybridized carbons (Fsp3) is 0.917. The summed E-state index contributed by atoms with van der Waals surface area (Å²) in [7, 11) is 1.16. The van der Waals surface area contributed by atoms with Crippen LogP contribution in [0.5, 0.6) is 0 Å². The van der Waals surface area contributed by atoms with Crippen molar-refractivity contribution >= 4 is 11.9 Å². The minimum absolute atomic E-state index is 0.756. The molecule has 3 rings (SSSR count). The Labute approximate surface area is 249 Å². The Bertz CT molecular complexity index is 958. The van der Waals surface area contributed by atoms with Gasteiger partial charge in [-0.05, 0) is 0 Å². The number of aliphatic hydroxyl groups is 10. The maximum atomic E-state index is 12.5. The van der Waals surface area contributed by atoms with Gasteiger partial charge in [0, 0.05) is 20.5 Å². The molecular weight excluding hydrogens is 606 g/mol. The van der Waals surface area contributed by atoms with E-state index in [4.69, 9.17) is 28.4 Å². The third-order valence-electron chi connectivity index (χ3n) is 7.66. The number of hydrogen-bond acceptors (Lipinski definition) is 19. The molecule has 20 heteroatoms. The zero-order valence-corrected chi connectivity index (χ0v) is 23.6. The van der Waals surface area contributed by atoms with Crippen molar-refractivity contribution in [3.05, 3.63) is 0 Å². The van der Waals surface area contributed by atoms with E-state index in [1.165, 1.54) is 0 Å². The van der Waals surface area contributed by atoms with Crippen LogP contribution >= 0.6 is 0 Å². The molecule has 0 aromatic carbocycles. The van der Waals surface area contributed by atoms with Crippen LogP contribution < -0.4 is 10.4 Å². The van der Waals surface area contributed by atoms with E-state index in [9.17, 15) is 65.8 Å². The van der Waals surface area contributed by atoms with Crippen molar-refractivity contribution in [3.8, 4) is 0 Å². The largest absolute Gasteiger partial charge is 0.544 e. The zero-order chi connectivity index (χ0) is 33.1. The van der Waals surface area contributed by atoms with Gasteiger partial charge in [-0.15, -0.1) is 0 Å². The lowest BCUT2D eigenvalue weighted by molar-refractivity contribution is -0.411. The van der Waals surface area contributed by atoms with E-state index >= 15 is 0 Å². The molecule has 0 aliphatic carbocycles. The van der Waals surface area contributed by atoms with Gasteiger partial charge in [0.1, 0.15) is 73.1 Å². The Morgan fingerprint density at radius 2 is 1.55 bits per heavy atom. The lowest BCUT2D eigenvalue weighted by Gasteiger charge is -2.52. The van der Waals surface area contributed by atoms with Gasteiger partial charge in [0.15, 0.2) is 12.6 Å². The summed E-state index contributed by atoms with van der Waals surface area (Å²) in [4.78, 5) is 24.2. The minimum Gasteiger partial charge on any atom is -0.544 e. The van der Waals surface area contributed by atoms with Crippen LogP contribution in [0.4, 0.5) is 0 Å². The van der Waals surface area contributed by atoms with Crippen molar-refractivity contribution in [2.45, 2.75) is 111 Å². The topological polar surface area (TPSA) is 327 Å². The fourth-order valence-corrected chi connectivity index (χ4v) is 5.34. The summed E-state index contributed by atoms with van der Waals surface area (Å²) < 4.78 is 32.2. The van der Waals surface area contributed by atoms with Crippen LogP contribution in [0.25, 0.3) is 0 Å². The molecule has 20 nitrogen and oxygen atoms in total. The zero-order valence-electron chi connectivity index (χ0n) is 23.6. The van der Waals surface area contributed by atoms with Crippen molar-refractivity contribution in [2.24, 2.45) is 0 Å². The molecule has 0 aromatic rings. The third-order valence-corrected chi connectivity index (χ3v) is 7.66. The lowest BCUT2D eigenvalue weighted by Crippen LogP contribution is -2.72. The summed E-state index contributed by atoms with van der Waals surface area (Å²) in [6.07, 6.45) is -26.9. The first-order valence-electron chi connectivity index (χ1n) is 13.6. The number of ether oxygens (including phenoxy) is 6. The predicted octanol–water partition coefficient (Wildman–Crippen LogP) is -8.90. The molecule has 1 amide bonds. The summed E-state index contributed by atoms with van der Waals surface area (Å²) >= 11 is 0. The Balaban J connectivity index is 1.94. The molecule has 0 bridgehead atoms. The molecule has 256 valence electrons. The lowest BCUT2D eigenvalue weighted by atomic mass is 9.88. The normalized spacial score (nSPS) is 44.5. The number of aliphatic hydroxyl groups excluding tert-OH is 10. The van der Waals surface area contributed by atoms with Gasteiger partial charge in [-0.2, -0.15) is 0 Å². The van der Waals surface area contributed by atoms with Gasteiger partial charge >= 0.3 is 0 Å². The van der Waals surface area contributed by atoms with E-state index in [-0.39, 0.29) is 0 Å². The van der Waals surface area contributed by atoms with Crippen molar-refractivity contribution in [2.75, 3.05) is 26.9 Å². The van der Waals surface area contributed by atoms with E-state index in [1.54, 1.807) is 0 Å². The van der Waals surface area contributed by atoms with Crippen molar-refractivity contribution < 1.29 is 94.2 Å². The van der Waals surface area contributed by atoms with Crippen LogP contribution in [0.2, 0.25) is 0 Å². The van der Waals surface area contributed by atoms with Crippen LogP contribution in [-0.2, 0) is 38.0 Å². The second-order valence-corrected chi connectivity index (χ2v) is 10.7. The molecule has 14 unspecified atom stereocenters. The highest BCUT2D eigenvalue weighted by molar-refractivity contribution is 5.75. The summed E-state index contributed by atoms with van der Waals surface area (Å²) in [5.41, 5.74) is 0. The van der Waals surface area contributed by atoms with E-state index in [2.05, 4.69) is 5.32 Å². The number of hydrogen-bond donors (Lipinski definition) is 11. The van der Waals surface area contributed by atoms with Crippen LogP contribution in [0.15, 0.2) is 0 Å². The number of rotatable bonds is 12. The molecule has 3 aliphatic heterocycles. The second-order valence-electron chi connectivity index (χ2n) is 10.7. The molecule has 0 saturated carbocycles. The smallest absolute Gasteiger partial charge is 0.217 e. The summed E-state index contributed by atoms with van der Waals surface area (Å²) in [6.45, 7) is -1.78. The number of amides is 1. The number of carboxylic acid groups (broad SMARTS) is 1. The first-order valence-corrected chi connectivity index (χ1v) is 13.6. The highest BCUT2D eigenvalue weighted by Crippen LogP contribution is 2.38. The van der Waals surface area contributed by atoms with Gasteiger partial charge in [-0.25, -0.2) is 0 Å². The van der Waals surface area contributed by atoms with E-state index in [1.807, 2.05) is 0 Å². The van der Waals surface area contributed by atoms with Crippen molar-refractivity contribution in [1.82, 2.24) is 5.32 Å². The fourth-order valence-electron chi connectivity index (χ4n) is 5.34. The van der Waals surface area contributed by atoms with Gasteiger partial charge < -0.3 is 94.7 Å². The van der Waals surface area contributed by atoms with Gasteiger partial charge in [-0.3, -0.25) is 4.79 Å². The van der Waals surface area contributed by atoms with Crippen LogP contribution in [0, 0.1) is 0 Å². The monoisotopic (exact) mass is 646 g/mol. The first kappa shape index (κ1) is 36.8. The van der Waals surface area contributed by atoms with Gasteiger partial charge in [0.2, 0.25) is 11.7 Å². The summed E-state index contributed by atoms with van der Waals surface area (Å²) in [5, 5.41) is 118. The molecule has 16 atom stereocenters. The average molecular weight is 647 g/mol. The van der Waals surface area contributed by atoms with E-state index < -0.39 is 136 Å². The van der Waals surface area contributed by atoms with Crippen molar-refractivity contribution in [3.63, 3.8) is 0 Å². The Kier molecular flexibility index (Phi) is 12.8. The number of carbonyl (C=O) groups excluding carboxylic acids is 2. The van der Waals surface area contributed by atoms with Crippen LogP contribution in [-0.4, -0.2) is 188 Å². The molecule has 3 saturated heterocycles. The quantitative estimate of drug-likeness (QED) is 0.0937. The number of methoxy groups -OCH3 is 1.